The summed E-state index contributed by atoms with van der Waals surface area (Å²) in [6, 6.07) is 11.1. The maximum Gasteiger partial charge on any atom is 0.354 e. The third-order valence-corrected chi connectivity index (χ3v) is 4.33. The number of hydrogen-bond donors (Lipinski definition) is 3. The van der Waals surface area contributed by atoms with Crippen LogP contribution in [0.2, 0.25) is 0 Å². The van der Waals surface area contributed by atoms with E-state index in [1.54, 1.807) is 13.0 Å². The normalized spacial score (nSPS) is 14.2. The van der Waals surface area contributed by atoms with Crippen LogP contribution in [0.4, 0.5) is 17.2 Å². The molecule has 1 aromatic heterocycles. The summed E-state index contributed by atoms with van der Waals surface area (Å²) in [5.74, 6) is -0.650. The molecule has 3 N–H and O–H groups in total. The number of carboxylic acids is 1. The molecule has 1 aromatic carbocycles. The van der Waals surface area contributed by atoms with Crippen LogP contribution in [0.15, 0.2) is 36.4 Å². The summed E-state index contributed by atoms with van der Waals surface area (Å²) in [4.78, 5) is 18.0. The molecule has 0 spiro atoms. The van der Waals surface area contributed by atoms with Gasteiger partial charge in [-0.2, -0.15) is 0 Å². The van der Waals surface area contributed by atoms with Crippen LogP contribution in [-0.4, -0.2) is 34.9 Å². The van der Waals surface area contributed by atoms with Crippen LogP contribution in [0.3, 0.4) is 0 Å². The van der Waals surface area contributed by atoms with Crippen molar-refractivity contribution in [1.29, 1.82) is 5.41 Å². The highest BCUT2D eigenvalue weighted by Gasteiger charge is 2.22. The molecule has 0 aliphatic carbocycles. The molecule has 0 atom stereocenters. The molecule has 25 heavy (non-hydrogen) atoms. The SMILES string of the molecule is CC(=N)c1c(N2CCCCC2)cc(C(=O)O)nc1Nc1ccccc1. The molecule has 0 bridgehead atoms. The van der Waals surface area contributed by atoms with Gasteiger partial charge in [-0.3, -0.25) is 0 Å². The Bertz CT molecular complexity index is 784. The van der Waals surface area contributed by atoms with Crippen LogP contribution >= 0.6 is 0 Å². The Morgan fingerprint density at radius 2 is 1.88 bits per heavy atom. The van der Waals surface area contributed by atoms with E-state index >= 15 is 0 Å². The number of nitrogens with one attached hydrogen (secondary N) is 2. The summed E-state index contributed by atoms with van der Waals surface area (Å²) in [5, 5.41) is 20.9. The molecule has 1 fully saturated rings. The van der Waals surface area contributed by atoms with Gasteiger partial charge in [0.2, 0.25) is 0 Å². The lowest BCUT2D eigenvalue weighted by atomic mass is 10.0. The van der Waals surface area contributed by atoms with Gasteiger partial charge in [0.25, 0.3) is 0 Å². The first-order valence-corrected chi connectivity index (χ1v) is 8.47. The second-order valence-corrected chi connectivity index (χ2v) is 6.22. The van der Waals surface area contributed by atoms with Crippen molar-refractivity contribution < 1.29 is 9.90 Å². The Hall–Kier alpha value is -2.89. The molecule has 2 heterocycles. The number of hydrogen-bond acceptors (Lipinski definition) is 5. The van der Waals surface area contributed by atoms with Gasteiger partial charge in [-0.25, -0.2) is 9.78 Å². The number of benzene rings is 1. The number of carbonyl (C=O) groups is 1. The lowest BCUT2D eigenvalue weighted by molar-refractivity contribution is 0.0690. The van der Waals surface area contributed by atoms with Gasteiger partial charge < -0.3 is 20.7 Å². The summed E-state index contributed by atoms with van der Waals surface area (Å²) in [7, 11) is 0. The minimum atomic E-state index is -1.07. The number of rotatable bonds is 5. The minimum absolute atomic E-state index is 0.0102. The fourth-order valence-electron chi connectivity index (χ4n) is 3.14. The van der Waals surface area contributed by atoms with Gasteiger partial charge in [0.15, 0.2) is 5.69 Å². The zero-order valence-electron chi connectivity index (χ0n) is 14.2. The molecule has 0 amide bonds. The van der Waals surface area contributed by atoms with Crippen molar-refractivity contribution >= 4 is 28.9 Å². The molecule has 6 heteroatoms. The molecule has 0 unspecified atom stereocenters. The molecule has 0 radical (unpaired) electrons. The summed E-state index contributed by atoms with van der Waals surface area (Å²) in [6.45, 7) is 3.45. The van der Waals surface area contributed by atoms with Crippen molar-refractivity contribution in [2.75, 3.05) is 23.3 Å². The number of carboxylic acid groups (broad SMARTS) is 1. The van der Waals surface area contributed by atoms with Crippen molar-refractivity contribution in [3.8, 4) is 0 Å². The van der Waals surface area contributed by atoms with Crippen LogP contribution in [0.5, 0.6) is 0 Å². The highest BCUT2D eigenvalue weighted by molar-refractivity contribution is 6.07. The van der Waals surface area contributed by atoms with Gasteiger partial charge in [0.05, 0.1) is 11.3 Å². The van der Waals surface area contributed by atoms with Gasteiger partial charge >= 0.3 is 5.97 Å². The fourth-order valence-corrected chi connectivity index (χ4v) is 3.14. The quantitative estimate of drug-likeness (QED) is 0.719. The molecule has 2 aromatic rings. The van der Waals surface area contributed by atoms with Gasteiger partial charge in [-0.05, 0) is 44.4 Å². The van der Waals surface area contributed by atoms with Crippen molar-refractivity contribution in [1.82, 2.24) is 4.98 Å². The van der Waals surface area contributed by atoms with E-state index in [9.17, 15) is 9.90 Å². The van der Waals surface area contributed by atoms with Gasteiger partial charge in [-0.15, -0.1) is 0 Å². The Balaban J connectivity index is 2.12. The maximum atomic E-state index is 11.6. The maximum absolute atomic E-state index is 11.6. The van der Waals surface area contributed by atoms with E-state index in [0.29, 0.717) is 17.1 Å². The monoisotopic (exact) mass is 338 g/mol. The average Bonchev–Trinajstić information content (AvgIpc) is 2.62. The molecule has 1 saturated heterocycles. The highest BCUT2D eigenvalue weighted by Crippen LogP contribution is 2.32. The zero-order valence-corrected chi connectivity index (χ0v) is 14.2. The van der Waals surface area contributed by atoms with Crippen LogP contribution < -0.4 is 10.2 Å². The van der Waals surface area contributed by atoms with Crippen molar-refractivity contribution in [2.24, 2.45) is 0 Å². The van der Waals surface area contributed by atoms with E-state index in [-0.39, 0.29) is 5.69 Å². The van der Waals surface area contributed by atoms with E-state index in [0.717, 1.165) is 37.3 Å². The Morgan fingerprint density at radius 1 is 1.20 bits per heavy atom. The number of aromatic carboxylic acids is 1. The molecule has 0 saturated carbocycles. The summed E-state index contributed by atoms with van der Waals surface area (Å²) in [5.41, 5.74) is 2.60. The Kier molecular flexibility index (Phi) is 4.97. The van der Waals surface area contributed by atoms with E-state index in [1.165, 1.54) is 6.42 Å². The molecular formula is C19H22N4O2. The predicted molar refractivity (Wildman–Crippen MR) is 99.5 cm³/mol. The lowest BCUT2D eigenvalue weighted by Gasteiger charge is -2.31. The second-order valence-electron chi connectivity index (χ2n) is 6.22. The van der Waals surface area contributed by atoms with Crippen LogP contribution in [0.1, 0.15) is 42.2 Å². The summed E-state index contributed by atoms with van der Waals surface area (Å²) >= 11 is 0. The van der Waals surface area contributed by atoms with Crippen molar-refractivity contribution in [2.45, 2.75) is 26.2 Å². The van der Waals surface area contributed by atoms with Gasteiger partial charge in [-0.1, -0.05) is 18.2 Å². The molecule has 1 aliphatic rings. The van der Waals surface area contributed by atoms with E-state index < -0.39 is 5.97 Å². The largest absolute Gasteiger partial charge is 0.477 e. The fraction of sp³-hybridized carbons (Fsp3) is 0.316. The number of nitrogens with zero attached hydrogens (tertiary/aromatic N) is 2. The summed E-state index contributed by atoms with van der Waals surface area (Å²) in [6.07, 6.45) is 3.33. The molecule has 130 valence electrons. The number of aromatic nitrogens is 1. The van der Waals surface area contributed by atoms with E-state index in [2.05, 4.69) is 15.2 Å². The van der Waals surface area contributed by atoms with E-state index in [1.807, 2.05) is 30.3 Å². The highest BCUT2D eigenvalue weighted by atomic mass is 16.4. The number of pyridine rings is 1. The van der Waals surface area contributed by atoms with E-state index in [4.69, 9.17) is 5.41 Å². The second kappa shape index (κ2) is 7.34. The number of piperidine rings is 1. The van der Waals surface area contributed by atoms with Crippen LogP contribution in [0.25, 0.3) is 0 Å². The summed E-state index contributed by atoms with van der Waals surface area (Å²) < 4.78 is 0. The third-order valence-electron chi connectivity index (χ3n) is 4.33. The molecule has 6 nitrogen and oxygen atoms in total. The van der Waals surface area contributed by atoms with Gasteiger partial charge in [0.1, 0.15) is 5.82 Å². The average molecular weight is 338 g/mol. The first-order valence-electron chi connectivity index (χ1n) is 8.47. The van der Waals surface area contributed by atoms with Crippen molar-refractivity contribution in [3.05, 3.63) is 47.7 Å². The molecule has 3 rings (SSSR count). The first kappa shape index (κ1) is 17.0. The smallest absolute Gasteiger partial charge is 0.354 e. The first-order chi connectivity index (χ1) is 12.1. The minimum Gasteiger partial charge on any atom is -0.477 e. The Morgan fingerprint density at radius 3 is 2.48 bits per heavy atom. The number of anilines is 3. The molecular weight excluding hydrogens is 316 g/mol. The number of para-hydroxylation sites is 1. The third kappa shape index (κ3) is 3.79. The molecule has 1 aliphatic heterocycles. The van der Waals surface area contributed by atoms with Crippen LogP contribution in [-0.2, 0) is 0 Å². The zero-order chi connectivity index (χ0) is 17.8. The van der Waals surface area contributed by atoms with Gasteiger partial charge in [0, 0.05) is 24.5 Å². The van der Waals surface area contributed by atoms with Crippen molar-refractivity contribution in [3.63, 3.8) is 0 Å². The van der Waals surface area contributed by atoms with Crippen LogP contribution in [0, 0.1) is 5.41 Å². The predicted octanol–water partition coefficient (Wildman–Crippen LogP) is 3.90. The topological polar surface area (TPSA) is 89.3 Å². The Labute approximate surface area is 147 Å². The lowest BCUT2D eigenvalue weighted by Crippen LogP contribution is -2.31. The standard InChI is InChI=1S/C19H22N4O2/c1-13(20)17-16(23-10-6-3-7-11-23)12-15(19(24)25)22-18(17)21-14-8-4-2-5-9-14/h2,4-5,8-9,12,20H,3,6-7,10-11H2,1H3,(H,21,22)(H,24,25).